The smallest absolute Gasteiger partial charge is 0.236 e. The Morgan fingerprint density at radius 1 is 1.33 bits per heavy atom. The molecule has 0 radical (unpaired) electrons. The number of hydrogen-bond acceptors (Lipinski definition) is 2. The lowest BCUT2D eigenvalue weighted by Crippen LogP contribution is -2.46. The minimum absolute atomic E-state index is 0.233. The molecule has 2 atom stereocenters. The Morgan fingerprint density at radius 2 is 1.94 bits per heavy atom. The summed E-state index contributed by atoms with van der Waals surface area (Å²) in [6.45, 7) is 13.2. The Bertz CT molecular complexity index is 272. The molecule has 0 aliphatic heterocycles. The van der Waals surface area contributed by atoms with Gasteiger partial charge in [-0.15, -0.1) is 0 Å². The highest BCUT2D eigenvalue weighted by Crippen LogP contribution is 2.38. The molecule has 1 aliphatic rings. The molecule has 106 valence electrons. The van der Waals surface area contributed by atoms with Crippen LogP contribution in [0.15, 0.2) is 0 Å². The maximum Gasteiger partial charge on any atom is 0.236 e. The molecule has 1 fully saturated rings. The van der Waals surface area contributed by atoms with E-state index in [0.29, 0.717) is 23.9 Å². The molecule has 1 N–H and O–H groups in total. The van der Waals surface area contributed by atoms with Gasteiger partial charge in [0.2, 0.25) is 5.91 Å². The van der Waals surface area contributed by atoms with Crippen molar-refractivity contribution in [1.82, 2.24) is 10.2 Å². The van der Waals surface area contributed by atoms with Gasteiger partial charge in [-0.3, -0.25) is 4.79 Å². The van der Waals surface area contributed by atoms with E-state index >= 15 is 0 Å². The van der Waals surface area contributed by atoms with Crippen LogP contribution in [0, 0.1) is 11.3 Å². The third-order valence-corrected chi connectivity index (χ3v) is 4.33. The maximum absolute atomic E-state index is 11.9. The molecule has 1 amide bonds. The Hall–Kier alpha value is -0.570. The van der Waals surface area contributed by atoms with Gasteiger partial charge in [-0.25, -0.2) is 0 Å². The lowest BCUT2D eigenvalue weighted by Gasteiger charge is -2.39. The van der Waals surface area contributed by atoms with E-state index < -0.39 is 0 Å². The van der Waals surface area contributed by atoms with Crippen molar-refractivity contribution in [3.05, 3.63) is 0 Å². The van der Waals surface area contributed by atoms with Crippen molar-refractivity contribution in [2.75, 3.05) is 19.6 Å². The number of carbonyl (C=O) groups is 1. The Balaban J connectivity index is 2.38. The van der Waals surface area contributed by atoms with Crippen LogP contribution in [0.2, 0.25) is 0 Å². The first-order chi connectivity index (χ1) is 8.39. The van der Waals surface area contributed by atoms with E-state index in [9.17, 15) is 4.79 Å². The topological polar surface area (TPSA) is 32.3 Å². The lowest BCUT2D eigenvalue weighted by molar-refractivity contribution is -0.130. The van der Waals surface area contributed by atoms with E-state index in [1.165, 1.54) is 19.3 Å². The number of amides is 1. The minimum Gasteiger partial charge on any atom is -0.342 e. The monoisotopic (exact) mass is 254 g/mol. The Morgan fingerprint density at radius 3 is 2.44 bits per heavy atom. The van der Waals surface area contributed by atoms with E-state index in [1.54, 1.807) is 0 Å². The Kier molecular flexibility index (Phi) is 5.64. The quantitative estimate of drug-likeness (QED) is 0.818. The van der Waals surface area contributed by atoms with Crippen LogP contribution >= 0.6 is 0 Å². The summed E-state index contributed by atoms with van der Waals surface area (Å²) in [4.78, 5) is 13.8. The van der Waals surface area contributed by atoms with Gasteiger partial charge in [0.1, 0.15) is 0 Å². The van der Waals surface area contributed by atoms with Crippen LogP contribution in [0.3, 0.4) is 0 Å². The molecule has 0 heterocycles. The van der Waals surface area contributed by atoms with Crippen LogP contribution in [-0.4, -0.2) is 36.5 Å². The third-order valence-electron chi connectivity index (χ3n) is 4.33. The summed E-state index contributed by atoms with van der Waals surface area (Å²) < 4.78 is 0. The molecule has 0 aromatic heterocycles. The molecule has 1 rings (SSSR count). The molecule has 0 aromatic carbocycles. The zero-order chi connectivity index (χ0) is 13.8. The molecule has 1 aliphatic carbocycles. The number of nitrogens with zero attached hydrogens (tertiary/aromatic N) is 1. The van der Waals surface area contributed by atoms with Crippen LogP contribution < -0.4 is 5.32 Å². The van der Waals surface area contributed by atoms with E-state index in [-0.39, 0.29) is 5.91 Å². The Labute approximate surface area is 112 Å². The second-order valence-electron chi connectivity index (χ2n) is 6.44. The minimum atomic E-state index is 0.233. The first-order valence-electron chi connectivity index (χ1n) is 7.40. The SMILES string of the molecule is CCN(CC)C(=O)CNC1CCC(C)(C)CC1C. The number of rotatable bonds is 5. The standard InChI is InChI=1S/C15H30N2O/c1-6-17(7-2)14(18)11-16-13-8-9-15(4,5)10-12(13)3/h12-13,16H,6-11H2,1-5H3. The zero-order valence-corrected chi connectivity index (χ0v) is 12.8. The van der Waals surface area contributed by atoms with Gasteiger partial charge in [-0.05, 0) is 44.4 Å². The first kappa shape index (κ1) is 15.5. The van der Waals surface area contributed by atoms with Crippen molar-refractivity contribution in [1.29, 1.82) is 0 Å². The first-order valence-corrected chi connectivity index (χ1v) is 7.40. The molecule has 0 aromatic rings. The molecular weight excluding hydrogens is 224 g/mol. The number of likely N-dealkylation sites (N-methyl/N-ethyl adjacent to an activating group) is 1. The fraction of sp³-hybridized carbons (Fsp3) is 0.933. The molecular formula is C15H30N2O. The highest BCUT2D eigenvalue weighted by Gasteiger charge is 2.32. The highest BCUT2D eigenvalue weighted by molar-refractivity contribution is 5.78. The predicted octanol–water partition coefficient (Wildman–Crippen LogP) is 2.66. The van der Waals surface area contributed by atoms with Gasteiger partial charge in [0, 0.05) is 19.1 Å². The number of carbonyl (C=O) groups excluding carboxylic acids is 1. The van der Waals surface area contributed by atoms with Crippen molar-refractivity contribution in [3.63, 3.8) is 0 Å². The fourth-order valence-corrected chi connectivity index (χ4v) is 3.16. The van der Waals surface area contributed by atoms with Crippen molar-refractivity contribution in [3.8, 4) is 0 Å². The van der Waals surface area contributed by atoms with Gasteiger partial charge < -0.3 is 10.2 Å². The molecule has 1 saturated carbocycles. The second-order valence-corrected chi connectivity index (χ2v) is 6.44. The van der Waals surface area contributed by atoms with Gasteiger partial charge in [0.15, 0.2) is 0 Å². The van der Waals surface area contributed by atoms with Crippen molar-refractivity contribution in [2.45, 2.75) is 59.9 Å². The predicted molar refractivity (Wildman–Crippen MR) is 76.5 cm³/mol. The summed E-state index contributed by atoms with van der Waals surface area (Å²) in [5.41, 5.74) is 0.473. The van der Waals surface area contributed by atoms with Gasteiger partial charge in [0.25, 0.3) is 0 Å². The fourth-order valence-electron chi connectivity index (χ4n) is 3.16. The average Bonchev–Trinajstić information content (AvgIpc) is 2.28. The van der Waals surface area contributed by atoms with Crippen LogP contribution in [0.4, 0.5) is 0 Å². The maximum atomic E-state index is 11.9. The summed E-state index contributed by atoms with van der Waals surface area (Å²) in [7, 11) is 0. The van der Waals surface area contributed by atoms with Crippen molar-refractivity contribution >= 4 is 5.91 Å². The van der Waals surface area contributed by atoms with Crippen molar-refractivity contribution in [2.24, 2.45) is 11.3 Å². The summed E-state index contributed by atoms with van der Waals surface area (Å²) in [5, 5.41) is 3.47. The second kappa shape index (κ2) is 6.55. The zero-order valence-electron chi connectivity index (χ0n) is 12.8. The van der Waals surface area contributed by atoms with Gasteiger partial charge >= 0.3 is 0 Å². The lowest BCUT2D eigenvalue weighted by atomic mass is 9.70. The van der Waals surface area contributed by atoms with E-state index in [0.717, 1.165) is 13.1 Å². The van der Waals surface area contributed by atoms with Crippen LogP contribution in [-0.2, 0) is 4.79 Å². The summed E-state index contributed by atoms with van der Waals surface area (Å²) in [6.07, 6.45) is 3.71. The van der Waals surface area contributed by atoms with Gasteiger partial charge in [-0.1, -0.05) is 20.8 Å². The molecule has 18 heavy (non-hydrogen) atoms. The molecule has 0 bridgehead atoms. The van der Waals surface area contributed by atoms with Crippen LogP contribution in [0.1, 0.15) is 53.9 Å². The highest BCUT2D eigenvalue weighted by atomic mass is 16.2. The van der Waals surface area contributed by atoms with Crippen LogP contribution in [0.5, 0.6) is 0 Å². The summed E-state index contributed by atoms with van der Waals surface area (Å²) >= 11 is 0. The largest absolute Gasteiger partial charge is 0.342 e. The number of nitrogens with one attached hydrogen (secondary N) is 1. The molecule has 0 saturated heterocycles. The normalized spacial score (nSPS) is 26.9. The third kappa shape index (κ3) is 4.27. The van der Waals surface area contributed by atoms with Gasteiger partial charge in [0.05, 0.1) is 6.54 Å². The molecule has 3 nitrogen and oxygen atoms in total. The summed E-state index contributed by atoms with van der Waals surface area (Å²) in [5.74, 6) is 0.898. The van der Waals surface area contributed by atoms with E-state index in [2.05, 4.69) is 26.1 Å². The van der Waals surface area contributed by atoms with Crippen molar-refractivity contribution < 1.29 is 4.79 Å². The van der Waals surface area contributed by atoms with Gasteiger partial charge in [-0.2, -0.15) is 0 Å². The summed E-state index contributed by atoms with van der Waals surface area (Å²) in [6, 6.07) is 0.512. The molecule has 0 spiro atoms. The average molecular weight is 254 g/mol. The number of hydrogen-bond donors (Lipinski definition) is 1. The van der Waals surface area contributed by atoms with E-state index in [1.807, 2.05) is 18.7 Å². The van der Waals surface area contributed by atoms with E-state index in [4.69, 9.17) is 0 Å². The molecule has 3 heteroatoms. The molecule has 2 unspecified atom stereocenters. The van der Waals surface area contributed by atoms with Crippen LogP contribution in [0.25, 0.3) is 0 Å².